The molecule has 2 N–H and O–H groups in total. The number of halogens is 2. The number of nitrogens with one attached hydrogen (secondary N) is 2. The molecule has 1 amide bonds. The van der Waals surface area contributed by atoms with E-state index in [1.54, 1.807) is 0 Å². The standard InChI is InChI=1S/C25H26ClN3O.ClH/c1-25(2,14-19-17-6-3-4-9-22(17)28-24(19)30)29-12-10-16(11-13-29)20-15-27-23-18(20)7-5-8-21(23)26;/h3-10,15,19,27H,11-14H2,1-2H3,(H,28,30);1H. The minimum atomic E-state index is -0.0858. The average Bonchev–Trinajstić information content (AvgIpc) is 3.30. The Morgan fingerprint density at radius 3 is 2.74 bits per heavy atom. The van der Waals surface area contributed by atoms with Gasteiger partial charge in [-0.15, -0.1) is 12.4 Å². The summed E-state index contributed by atoms with van der Waals surface area (Å²) in [7, 11) is 0. The number of fused-ring (bicyclic) bond motifs is 2. The van der Waals surface area contributed by atoms with Crippen LogP contribution in [0.3, 0.4) is 0 Å². The Balaban J connectivity index is 0.00000231. The van der Waals surface area contributed by atoms with Crippen LogP contribution in [0.15, 0.2) is 54.7 Å². The lowest BCUT2D eigenvalue weighted by Crippen LogP contribution is -2.47. The predicted molar refractivity (Wildman–Crippen MR) is 131 cm³/mol. The summed E-state index contributed by atoms with van der Waals surface area (Å²) >= 11 is 6.33. The van der Waals surface area contributed by atoms with Crippen molar-refractivity contribution in [2.75, 3.05) is 18.4 Å². The molecule has 5 rings (SSSR count). The zero-order valence-electron chi connectivity index (χ0n) is 17.7. The van der Waals surface area contributed by atoms with Gasteiger partial charge in [-0.2, -0.15) is 0 Å². The molecule has 3 heterocycles. The number of anilines is 1. The number of nitrogens with zero attached hydrogens (tertiary/aromatic N) is 1. The van der Waals surface area contributed by atoms with Crippen LogP contribution in [0.4, 0.5) is 5.69 Å². The predicted octanol–water partition coefficient (Wildman–Crippen LogP) is 6.24. The lowest BCUT2D eigenvalue weighted by molar-refractivity contribution is -0.117. The second-order valence-corrected chi connectivity index (χ2v) is 9.34. The van der Waals surface area contributed by atoms with Crippen LogP contribution in [-0.4, -0.2) is 34.4 Å². The Labute approximate surface area is 194 Å². The van der Waals surface area contributed by atoms with Gasteiger partial charge in [0.1, 0.15) is 0 Å². The van der Waals surface area contributed by atoms with Crippen molar-refractivity contribution in [3.05, 3.63) is 70.9 Å². The molecular formula is C25H27Cl2N3O. The van der Waals surface area contributed by atoms with Crippen molar-refractivity contribution in [1.29, 1.82) is 0 Å². The largest absolute Gasteiger partial charge is 0.359 e. The molecule has 2 aliphatic rings. The Kier molecular flexibility index (Phi) is 5.91. The van der Waals surface area contributed by atoms with E-state index in [2.05, 4.69) is 53.5 Å². The first-order valence-electron chi connectivity index (χ1n) is 10.5. The second kappa shape index (κ2) is 8.34. The number of carbonyl (C=O) groups excluding carboxylic acids is 1. The van der Waals surface area contributed by atoms with Crippen molar-refractivity contribution in [3.8, 4) is 0 Å². The molecule has 1 aromatic heterocycles. The summed E-state index contributed by atoms with van der Waals surface area (Å²) in [4.78, 5) is 18.4. The van der Waals surface area contributed by atoms with E-state index in [1.165, 1.54) is 16.5 Å². The number of aromatic nitrogens is 1. The Bertz CT molecular complexity index is 1160. The van der Waals surface area contributed by atoms with Crippen molar-refractivity contribution >= 4 is 52.1 Å². The smallest absolute Gasteiger partial charge is 0.232 e. The van der Waals surface area contributed by atoms with E-state index >= 15 is 0 Å². The second-order valence-electron chi connectivity index (χ2n) is 8.94. The van der Waals surface area contributed by atoms with Crippen LogP contribution < -0.4 is 5.32 Å². The number of carbonyl (C=O) groups is 1. The number of para-hydroxylation sites is 2. The quantitative estimate of drug-likeness (QED) is 0.489. The lowest BCUT2D eigenvalue weighted by Gasteiger charge is -2.41. The molecule has 4 nitrogen and oxygen atoms in total. The van der Waals surface area contributed by atoms with E-state index in [0.29, 0.717) is 0 Å². The summed E-state index contributed by atoms with van der Waals surface area (Å²) in [6, 6.07) is 14.1. The summed E-state index contributed by atoms with van der Waals surface area (Å²) in [5.74, 6) is 0.0329. The Hall–Kier alpha value is -2.27. The summed E-state index contributed by atoms with van der Waals surface area (Å²) < 4.78 is 0. The van der Waals surface area contributed by atoms with Gasteiger partial charge in [0.2, 0.25) is 5.91 Å². The normalized spacial score (nSPS) is 19.0. The van der Waals surface area contributed by atoms with Crippen LogP contribution >= 0.6 is 24.0 Å². The zero-order valence-corrected chi connectivity index (χ0v) is 19.3. The molecule has 1 atom stereocenters. The number of benzene rings is 2. The molecule has 3 aromatic rings. The van der Waals surface area contributed by atoms with E-state index in [-0.39, 0.29) is 29.8 Å². The molecule has 31 heavy (non-hydrogen) atoms. The first-order valence-corrected chi connectivity index (χ1v) is 10.9. The fourth-order valence-electron chi connectivity index (χ4n) is 4.95. The highest BCUT2D eigenvalue weighted by Gasteiger charge is 2.38. The maximum atomic E-state index is 12.6. The third-order valence-electron chi connectivity index (χ3n) is 6.69. The minimum absolute atomic E-state index is 0. The molecule has 6 heteroatoms. The molecule has 1 unspecified atom stereocenters. The lowest BCUT2D eigenvalue weighted by atomic mass is 9.84. The van der Waals surface area contributed by atoms with Gasteiger partial charge in [0.15, 0.2) is 0 Å². The zero-order chi connectivity index (χ0) is 20.9. The van der Waals surface area contributed by atoms with Gasteiger partial charge in [-0.3, -0.25) is 9.69 Å². The number of rotatable bonds is 4. The van der Waals surface area contributed by atoms with Gasteiger partial charge in [0, 0.05) is 41.5 Å². The van der Waals surface area contributed by atoms with Gasteiger partial charge in [0.05, 0.1) is 16.5 Å². The minimum Gasteiger partial charge on any atom is -0.359 e. The van der Waals surface area contributed by atoms with Gasteiger partial charge in [-0.25, -0.2) is 0 Å². The topological polar surface area (TPSA) is 48.1 Å². The number of H-pyrrole nitrogens is 1. The van der Waals surface area contributed by atoms with Crippen LogP contribution in [-0.2, 0) is 4.79 Å². The van der Waals surface area contributed by atoms with Gasteiger partial charge in [-0.05, 0) is 50.0 Å². The SMILES string of the molecule is CC(C)(CC1C(=O)Nc2ccccc21)N1CC=C(c2c[nH]c3c(Cl)cccc23)CC1.Cl. The fourth-order valence-corrected chi connectivity index (χ4v) is 5.18. The van der Waals surface area contributed by atoms with Crippen LogP contribution in [0.5, 0.6) is 0 Å². The maximum Gasteiger partial charge on any atom is 0.232 e. The fraction of sp³-hybridized carbons (Fsp3) is 0.320. The van der Waals surface area contributed by atoms with Gasteiger partial charge in [0.25, 0.3) is 0 Å². The van der Waals surface area contributed by atoms with Crippen LogP contribution in [0.25, 0.3) is 16.5 Å². The van der Waals surface area contributed by atoms with Crippen molar-refractivity contribution in [3.63, 3.8) is 0 Å². The molecule has 2 aromatic carbocycles. The molecule has 0 saturated heterocycles. The van der Waals surface area contributed by atoms with E-state index in [9.17, 15) is 4.79 Å². The summed E-state index contributed by atoms with van der Waals surface area (Å²) in [5.41, 5.74) is 5.62. The van der Waals surface area contributed by atoms with Crippen molar-refractivity contribution in [2.45, 2.75) is 38.1 Å². The highest BCUT2D eigenvalue weighted by molar-refractivity contribution is 6.35. The Morgan fingerprint density at radius 1 is 1.16 bits per heavy atom. The van der Waals surface area contributed by atoms with Gasteiger partial charge < -0.3 is 10.3 Å². The summed E-state index contributed by atoms with van der Waals surface area (Å²) in [5, 5.41) is 4.98. The molecule has 0 spiro atoms. The monoisotopic (exact) mass is 455 g/mol. The molecule has 0 radical (unpaired) electrons. The maximum absolute atomic E-state index is 12.6. The Morgan fingerprint density at radius 2 is 1.97 bits per heavy atom. The number of aromatic amines is 1. The van der Waals surface area contributed by atoms with Crippen molar-refractivity contribution in [1.82, 2.24) is 9.88 Å². The van der Waals surface area contributed by atoms with Gasteiger partial charge in [-0.1, -0.05) is 48.0 Å². The van der Waals surface area contributed by atoms with E-state index in [0.717, 1.165) is 47.7 Å². The summed E-state index contributed by atoms with van der Waals surface area (Å²) in [6.07, 6.45) is 6.19. The third-order valence-corrected chi connectivity index (χ3v) is 7.00. The molecule has 0 bridgehead atoms. The number of hydrogen-bond acceptors (Lipinski definition) is 2. The molecule has 162 valence electrons. The van der Waals surface area contributed by atoms with Crippen molar-refractivity contribution in [2.24, 2.45) is 0 Å². The third kappa shape index (κ3) is 3.89. The molecule has 2 aliphatic heterocycles. The van der Waals surface area contributed by atoms with E-state index in [1.807, 2.05) is 30.3 Å². The molecular weight excluding hydrogens is 429 g/mol. The van der Waals surface area contributed by atoms with E-state index in [4.69, 9.17) is 11.6 Å². The first-order chi connectivity index (χ1) is 14.4. The van der Waals surface area contributed by atoms with Gasteiger partial charge >= 0.3 is 0 Å². The van der Waals surface area contributed by atoms with Crippen LogP contribution in [0.2, 0.25) is 5.02 Å². The molecule has 0 fully saturated rings. The van der Waals surface area contributed by atoms with E-state index < -0.39 is 0 Å². The first kappa shape index (κ1) is 21.9. The number of amides is 1. The molecule has 0 saturated carbocycles. The van der Waals surface area contributed by atoms with Crippen molar-refractivity contribution < 1.29 is 4.79 Å². The summed E-state index contributed by atoms with van der Waals surface area (Å²) in [6.45, 7) is 6.37. The van der Waals surface area contributed by atoms with Crippen LogP contribution in [0.1, 0.15) is 43.7 Å². The highest BCUT2D eigenvalue weighted by atomic mass is 35.5. The number of hydrogen-bond donors (Lipinski definition) is 2. The molecule has 0 aliphatic carbocycles. The average molecular weight is 456 g/mol. The highest BCUT2D eigenvalue weighted by Crippen LogP contribution is 2.40. The van der Waals surface area contributed by atoms with Crippen LogP contribution in [0, 0.1) is 0 Å².